The van der Waals surface area contributed by atoms with Crippen LogP contribution in [0.1, 0.15) is 16.1 Å². The third-order valence-electron chi connectivity index (χ3n) is 2.30. The maximum absolute atomic E-state index is 11.0. The lowest BCUT2D eigenvalue weighted by Gasteiger charge is -2.38. The van der Waals surface area contributed by atoms with Crippen LogP contribution in [-0.2, 0) is 4.79 Å². The van der Waals surface area contributed by atoms with Crippen molar-refractivity contribution in [1.82, 2.24) is 4.98 Å². The summed E-state index contributed by atoms with van der Waals surface area (Å²) in [5.74, 6) is -0.375. The van der Waals surface area contributed by atoms with E-state index in [1.807, 2.05) is 0 Å². The van der Waals surface area contributed by atoms with E-state index in [9.17, 15) is 9.59 Å². The lowest BCUT2D eigenvalue weighted by Crippen LogP contribution is -2.55. The fourth-order valence-electron chi connectivity index (χ4n) is 1.41. The minimum Gasteiger partial charge on any atom is -0.368 e. The number of aromatic nitrogens is 1. The Morgan fingerprint density at radius 2 is 2.47 bits per heavy atom. The van der Waals surface area contributed by atoms with E-state index in [1.165, 1.54) is 11.3 Å². The average molecular weight is 246 g/mol. The Kier molecular flexibility index (Phi) is 2.62. The van der Waals surface area contributed by atoms with Crippen LogP contribution in [0, 0.1) is 0 Å². The Morgan fingerprint density at radius 1 is 1.73 bits per heavy atom. The summed E-state index contributed by atoms with van der Waals surface area (Å²) in [6.45, 7) is 0.718. The lowest BCUT2D eigenvalue weighted by molar-refractivity contribution is -0.120. The SMILES string of the molecule is NC(=O)C1CCN1c1nc(Cl)c(C=O)s1. The molecule has 1 aliphatic heterocycles. The molecule has 0 aromatic carbocycles. The van der Waals surface area contributed by atoms with E-state index >= 15 is 0 Å². The number of nitrogens with two attached hydrogens (primary N) is 1. The first kappa shape index (κ1) is 10.4. The lowest BCUT2D eigenvalue weighted by atomic mass is 10.0. The summed E-state index contributed by atoms with van der Waals surface area (Å²) >= 11 is 6.89. The minimum absolute atomic E-state index is 0.181. The van der Waals surface area contributed by atoms with Crippen molar-refractivity contribution in [3.63, 3.8) is 0 Å². The highest BCUT2D eigenvalue weighted by molar-refractivity contribution is 7.17. The predicted molar refractivity (Wildman–Crippen MR) is 57.5 cm³/mol. The molecule has 1 amide bonds. The van der Waals surface area contributed by atoms with Gasteiger partial charge in [-0.05, 0) is 6.42 Å². The van der Waals surface area contributed by atoms with Gasteiger partial charge in [0.2, 0.25) is 5.91 Å². The van der Waals surface area contributed by atoms with Gasteiger partial charge >= 0.3 is 0 Å². The van der Waals surface area contributed by atoms with Crippen LogP contribution in [0.5, 0.6) is 0 Å². The molecular weight excluding hydrogens is 238 g/mol. The Balaban J connectivity index is 2.23. The summed E-state index contributed by atoms with van der Waals surface area (Å²) in [6, 6.07) is -0.313. The van der Waals surface area contributed by atoms with Crippen molar-refractivity contribution in [3.05, 3.63) is 10.0 Å². The zero-order valence-corrected chi connectivity index (χ0v) is 9.22. The topological polar surface area (TPSA) is 76.3 Å². The summed E-state index contributed by atoms with van der Waals surface area (Å²) in [6.07, 6.45) is 1.38. The molecule has 1 aromatic heterocycles. The van der Waals surface area contributed by atoms with Gasteiger partial charge < -0.3 is 10.6 Å². The average Bonchev–Trinajstić information content (AvgIpc) is 2.43. The number of primary amides is 1. The molecular formula is C8H8ClN3O2S. The number of nitrogens with zero attached hydrogens (tertiary/aromatic N) is 2. The summed E-state index contributed by atoms with van der Waals surface area (Å²) in [5, 5.41) is 0.761. The van der Waals surface area contributed by atoms with Crippen molar-refractivity contribution < 1.29 is 9.59 Å². The molecule has 1 unspecified atom stereocenters. The molecule has 1 saturated heterocycles. The second-order valence-corrected chi connectivity index (χ2v) is 4.54. The van der Waals surface area contributed by atoms with E-state index in [1.54, 1.807) is 4.90 Å². The highest BCUT2D eigenvalue weighted by atomic mass is 35.5. The number of amides is 1. The van der Waals surface area contributed by atoms with Crippen LogP contribution in [0.25, 0.3) is 0 Å². The largest absolute Gasteiger partial charge is 0.368 e. The molecule has 1 aromatic rings. The molecule has 0 saturated carbocycles. The van der Waals surface area contributed by atoms with Gasteiger partial charge in [-0.1, -0.05) is 22.9 Å². The Morgan fingerprint density at radius 3 is 2.87 bits per heavy atom. The molecule has 2 rings (SSSR count). The third kappa shape index (κ3) is 1.70. The summed E-state index contributed by atoms with van der Waals surface area (Å²) in [7, 11) is 0. The molecule has 0 spiro atoms. The Labute approximate surface area is 94.8 Å². The predicted octanol–water partition coefficient (Wildman–Crippen LogP) is 0.673. The normalized spacial score (nSPS) is 19.8. The van der Waals surface area contributed by atoms with E-state index < -0.39 is 0 Å². The molecule has 0 radical (unpaired) electrons. The second-order valence-electron chi connectivity index (χ2n) is 3.17. The molecule has 1 aliphatic rings. The van der Waals surface area contributed by atoms with Crippen molar-refractivity contribution in [2.45, 2.75) is 12.5 Å². The number of carbonyl (C=O) groups excluding carboxylic acids is 2. The van der Waals surface area contributed by atoms with E-state index in [2.05, 4.69) is 4.98 Å². The van der Waals surface area contributed by atoms with E-state index in [0.717, 1.165) is 13.0 Å². The highest BCUT2D eigenvalue weighted by Crippen LogP contribution is 2.33. The number of thiazole rings is 1. The fourth-order valence-corrected chi connectivity index (χ4v) is 2.55. The van der Waals surface area contributed by atoms with Crippen LogP contribution >= 0.6 is 22.9 Å². The quantitative estimate of drug-likeness (QED) is 0.795. The van der Waals surface area contributed by atoms with Gasteiger partial charge in [0.25, 0.3) is 0 Å². The maximum Gasteiger partial charge on any atom is 0.240 e. The molecule has 2 heterocycles. The Hall–Kier alpha value is -1.14. The zero-order chi connectivity index (χ0) is 11.0. The third-order valence-corrected chi connectivity index (χ3v) is 3.72. The van der Waals surface area contributed by atoms with Crippen LogP contribution in [0.4, 0.5) is 5.13 Å². The smallest absolute Gasteiger partial charge is 0.240 e. The molecule has 1 fully saturated rings. The van der Waals surface area contributed by atoms with Crippen LogP contribution in [-0.4, -0.2) is 29.8 Å². The molecule has 5 nitrogen and oxygen atoms in total. The van der Waals surface area contributed by atoms with Gasteiger partial charge in [-0.2, -0.15) is 0 Å². The van der Waals surface area contributed by atoms with Gasteiger partial charge in [0.15, 0.2) is 16.6 Å². The van der Waals surface area contributed by atoms with Gasteiger partial charge in [-0.3, -0.25) is 9.59 Å². The van der Waals surface area contributed by atoms with Crippen LogP contribution in [0.2, 0.25) is 5.15 Å². The van der Waals surface area contributed by atoms with Crippen molar-refractivity contribution in [3.8, 4) is 0 Å². The number of halogens is 1. The van der Waals surface area contributed by atoms with Gasteiger partial charge in [0.05, 0.1) is 0 Å². The standard InChI is InChI=1S/C8H8ClN3O2S/c9-6-5(3-13)15-8(11-6)12-2-1-4(12)7(10)14/h3-4H,1-2H2,(H2,10,14). The molecule has 7 heteroatoms. The molecule has 80 valence electrons. The van der Waals surface area contributed by atoms with Crippen molar-refractivity contribution >= 4 is 40.3 Å². The van der Waals surface area contributed by atoms with Crippen LogP contribution < -0.4 is 10.6 Å². The first-order chi connectivity index (χ1) is 7.13. The van der Waals surface area contributed by atoms with Gasteiger partial charge in [-0.15, -0.1) is 0 Å². The first-order valence-electron chi connectivity index (χ1n) is 4.31. The monoisotopic (exact) mass is 245 g/mol. The number of hydrogen-bond donors (Lipinski definition) is 1. The summed E-state index contributed by atoms with van der Waals surface area (Å²) in [4.78, 5) is 27.7. The number of aldehydes is 1. The van der Waals surface area contributed by atoms with Gasteiger partial charge in [-0.25, -0.2) is 4.98 Å². The van der Waals surface area contributed by atoms with Gasteiger partial charge in [0, 0.05) is 6.54 Å². The van der Waals surface area contributed by atoms with Crippen LogP contribution in [0.15, 0.2) is 0 Å². The van der Waals surface area contributed by atoms with Crippen LogP contribution in [0.3, 0.4) is 0 Å². The van der Waals surface area contributed by atoms with E-state index in [4.69, 9.17) is 17.3 Å². The summed E-state index contributed by atoms with van der Waals surface area (Å²) in [5.41, 5.74) is 5.20. The Bertz CT molecular complexity index is 420. The molecule has 0 bridgehead atoms. The highest BCUT2D eigenvalue weighted by Gasteiger charge is 2.34. The number of anilines is 1. The van der Waals surface area contributed by atoms with E-state index in [-0.39, 0.29) is 17.1 Å². The van der Waals surface area contributed by atoms with Crippen molar-refractivity contribution in [2.75, 3.05) is 11.4 Å². The zero-order valence-electron chi connectivity index (χ0n) is 7.64. The second kappa shape index (κ2) is 3.79. The van der Waals surface area contributed by atoms with E-state index in [0.29, 0.717) is 16.3 Å². The van der Waals surface area contributed by atoms with Gasteiger partial charge in [0.1, 0.15) is 10.9 Å². The minimum atomic E-state index is -0.375. The van der Waals surface area contributed by atoms with Crippen molar-refractivity contribution in [2.24, 2.45) is 5.73 Å². The molecule has 15 heavy (non-hydrogen) atoms. The molecule has 0 aliphatic carbocycles. The molecule has 1 atom stereocenters. The number of carbonyl (C=O) groups is 2. The number of rotatable bonds is 3. The van der Waals surface area contributed by atoms with Crippen molar-refractivity contribution in [1.29, 1.82) is 0 Å². The number of hydrogen-bond acceptors (Lipinski definition) is 5. The fraction of sp³-hybridized carbons (Fsp3) is 0.375. The summed E-state index contributed by atoms with van der Waals surface area (Å²) < 4.78 is 0. The first-order valence-corrected chi connectivity index (χ1v) is 5.50. The molecule has 2 N–H and O–H groups in total. The maximum atomic E-state index is 11.0.